The zero-order valence-corrected chi connectivity index (χ0v) is 14.3. The van der Waals surface area contributed by atoms with E-state index in [-0.39, 0.29) is 5.25 Å². The summed E-state index contributed by atoms with van der Waals surface area (Å²) in [6.07, 6.45) is 0.746. The van der Waals surface area contributed by atoms with Crippen LogP contribution in [0.2, 0.25) is 0 Å². The van der Waals surface area contributed by atoms with Crippen LogP contribution in [0.25, 0.3) is 10.8 Å². The number of fused-ring (bicyclic) bond motifs is 1. The number of carbonyl (C=O) groups excluding carboxylic acids is 1. The predicted molar refractivity (Wildman–Crippen MR) is 99.6 cm³/mol. The molecule has 0 spiro atoms. The third-order valence-corrected chi connectivity index (χ3v) is 5.11. The minimum atomic E-state index is 0.0543. The summed E-state index contributed by atoms with van der Waals surface area (Å²) in [5.41, 5.74) is 1.11. The Bertz CT molecular complexity index is 820. The van der Waals surface area contributed by atoms with Gasteiger partial charge in [-0.25, -0.2) is 0 Å². The first-order valence-corrected chi connectivity index (χ1v) is 8.66. The van der Waals surface area contributed by atoms with E-state index in [0.717, 1.165) is 33.4 Å². The molecule has 24 heavy (non-hydrogen) atoms. The number of benzene rings is 3. The highest BCUT2D eigenvalue weighted by molar-refractivity contribution is 7.99. The zero-order valence-electron chi connectivity index (χ0n) is 13.4. The molecular weight excluding hydrogens is 318 g/mol. The number of methoxy groups -OCH3 is 1. The third-order valence-electron chi connectivity index (χ3n) is 3.88. The molecule has 1 atom stereocenters. The molecule has 1 N–H and O–H groups in total. The third kappa shape index (κ3) is 3.54. The van der Waals surface area contributed by atoms with Crippen molar-refractivity contribution in [3.63, 3.8) is 0 Å². The molecule has 0 aliphatic carbocycles. The average molecular weight is 337 g/mol. The first-order valence-electron chi connectivity index (χ1n) is 7.78. The molecule has 0 aliphatic heterocycles. The second-order valence-electron chi connectivity index (χ2n) is 5.35. The molecule has 0 heterocycles. The van der Waals surface area contributed by atoms with Crippen LogP contribution in [0.4, 0.5) is 0 Å². The van der Waals surface area contributed by atoms with Gasteiger partial charge in [-0.15, -0.1) is 11.8 Å². The van der Waals surface area contributed by atoms with E-state index in [1.165, 1.54) is 0 Å². The number of thioether (sulfide) groups is 1. The number of hydrogen-bond donors (Lipinski definition) is 1. The molecule has 1 amide bonds. The van der Waals surface area contributed by atoms with Crippen LogP contribution < -0.4 is 10.1 Å². The molecule has 3 aromatic rings. The fourth-order valence-electron chi connectivity index (χ4n) is 2.81. The summed E-state index contributed by atoms with van der Waals surface area (Å²) in [6.45, 7) is 0.535. The lowest BCUT2D eigenvalue weighted by molar-refractivity contribution is -0.109. The Labute approximate surface area is 146 Å². The molecule has 1 unspecified atom stereocenters. The van der Waals surface area contributed by atoms with Crippen LogP contribution in [-0.2, 0) is 4.79 Å². The quantitative estimate of drug-likeness (QED) is 0.512. The summed E-state index contributed by atoms with van der Waals surface area (Å²) in [4.78, 5) is 12.0. The molecule has 3 aromatic carbocycles. The van der Waals surface area contributed by atoms with Gasteiger partial charge in [0.05, 0.1) is 12.4 Å². The van der Waals surface area contributed by atoms with Gasteiger partial charge in [-0.1, -0.05) is 48.5 Å². The van der Waals surface area contributed by atoms with Gasteiger partial charge in [0, 0.05) is 17.0 Å². The van der Waals surface area contributed by atoms with E-state index in [9.17, 15) is 4.79 Å². The number of hydrogen-bond acceptors (Lipinski definition) is 3. The van der Waals surface area contributed by atoms with Crippen LogP contribution in [0.3, 0.4) is 0 Å². The molecule has 3 rings (SSSR count). The van der Waals surface area contributed by atoms with E-state index in [1.807, 2.05) is 36.4 Å². The summed E-state index contributed by atoms with van der Waals surface area (Å²) in [7, 11) is 1.69. The summed E-state index contributed by atoms with van der Waals surface area (Å²) in [6, 6.07) is 22.5. The highest BCUT2D eigenvalue weighted by Gasteiger charge is 2.20. The molecule has 3 nitrogen and oxygen atoms in total. The van der Waals surface area contributed by atoms with E-state index in [2.05, 4.69) is 35.6 Å². The Morgan fingerprint density at radius 3 is 2.54 bits per heavy atom. The van der Waals surface area contributed by atoms with E-state index >= 15 is 0 Å². The standard InChI is InChI=1S/C20H19NO2S/c1-23-18-12-11-15-7-5-6-10-17(15)20(18)19(13-21-14-22)24-16-8-3-2-4-9-16/h2-12,14,19H,13H2,1H3,(H,21,22). The van der Waals surface area contributed by atoms with Gasteiger partial charge in [0.1, 0.15) is 5.75 Å². The molecule has 0 aliphatic rings. The fraction of sp³-hybridized carbons (Fsp3) is 0.150. The Morgan fingerprint density at radius 2 is 1.79 bits per heavy atom. The van der Waals surface area contributed by atoms with Gasteiger partial charge in [0.25, 0.3) is 0 Å². The molecule has 122 valence electrons. The maximum Gasteiger partial charge on any atom is 0.207 e. The molecule has 0 fully saturated rings. The van der Waals surface area contributed by atoms with Crippen LogP contribution in [0, 0.1) is 0 Å². The lowest BCUT2D eigenvalue weighted by atomic mass is 10.0. The van der Waals surface area contributed by atoms with Crippen molar-refractivity contribution in [3.8, 4) is 5.75 Å². The van der Waals surface area contributed by atoms with Crippen molar-refractivity contribution in [3.05, 3.63) is 72.3 Å². The maximum absolute atomic E-state index is 10.9. The number of amides is 1. The first kappa shape index (κ1) is 16.4. The lowest BCUT2D eigenvalue weighted by Crippen LogP contribution is -2.18. The SMILES string of the molecule is COc1ccc2ccccc2c1C(CNC=O)Sc1ccccc1. The van der Waals surface area contributed by atoms with Crippen molar-refractivity contribution in [1.29, 1.82) is 0 Å². The Balaban J connectivity index is 2.08. The fourth-order valence-corrected chi connectivity index (χ4v) is 3.99. The minimum Gasteiger partial charge on any atom is -0.496 e. The number of carbonyl (C=O) groups is 1. The molecule has 0 radical (unpaired) electrons. The van der Waals surface area contributed by atoms with Crippen molar-refractivity contribution in [2.75, 3.05) is 13.7 Å². The molecule has 0 bridgehead atoms. The Morgan fingerprint density at radius 1 is 1.04 bits per heavy atom. The smallest absolute Gasteiger partial charge is 0.207 e. The number of rotatable bonds is 7. The topological polar surface area (TPSA) is 38.3 Å². The first-order chi connectivity index (χ1) is 11.8. The van der Waals surface area contributed by atoms with Crippen molar-refractivity contribution >= 4 is 28.9 Å². The zero-order chi connectivity index (χ0) is 16.8. The van der Waals surface area contributed by atoms with Crippen molar-refractivity contribution < 1.29 is 9.53 Å². The highest BCUT2D eigenvalue weighted by atomic mass is 32.2. The molecular formula is C20H19NO2S. The van der Waals surface area contributed by atoms with Gasteiger partial charge < -0.3 is 10.1 Å². The van der Waals surface area contributed by atoms with Crippen LogP contribution in [0.1, 0.15) is 10.8 Å². The second-order valence-corrected chi connectivity index (χ2v) is 6.62. The van der Waals surface area contributed by atoms with Crippen molar-refractivity contribution in [1.82, 2.24) is 5.32 Å². The molecule has 0 saturated carbocycles. The van der Waals surface area contributed by atoms with Gasteiger partial charge in [0.2, 0.25) is 6.41 Å². The highest BCUT2D eigenvalue weighted by Crippen LogP contribution is 2.42. The average Bonchev–Trinajstić information content (AvgIpc) is 2.65. The van der Waals surface area contributed by atoms with E-state index in [0.29, 0.717) is 6.54 Å². The van der Waals surface area contributed by atoms with Crippen LogP contribution in [0.5, 0.6) is 5.75 Å². The van der Waals surface area contributed by atoms with Crippen molar-refractivity contribution in [2.45, 2.75) is 10.1 Å². The minimum absolute atomic E-state index is 0.0543. The Kier molecular flexibility index (Phi) is 5.39. The normalized spacial score (nSPS) is 11.9. The van der Waals surface area contributed by atoms with Crippen LogP contribution in [-0.4, -0.2) is 20.1 Å². The van der Waals surface area contributed by atoms with E-state index in [1.54, 1.807) is 18.9 Å². The van der Waals surface area contributed by atoms with E-state index < -0.39 is 0 Å². The summed E-state index contributed by atoms with van der Waals surface area (Å²) < 4.78 is 5.62. The van der Waals surface area contributed by atoms with Crippen LogP contribution >= 0.6 is 11.8 Å². The monoisotopic (exact) mass is 337 g/mol. The van der Waals surface area contributed by atoms with Crippen LogP contribution in [0.15, 0.2) is 71.6 Å². The predicted octanol–water partition coefficient (Wildman–Crippen LogP) is 4.43. The number of ether oxygens (including phenoxy) is 1. The van der Waals surface area contributed by atoms with Crippen molar-refractivity contribution in [2.24, 2.45) is 0 Å². The van der Waals surface area contributed by atoms with E-state index in [4.69, 9.17) is 4.74 Å². The van der Waals surface area contributed by atoms with Gasteiger partial charge in [0.15, 0.2) is 0 Å². The number of nitrogens with one attached hydrogen (secondary N) is 1. The van der Waals surface area contributed by atoms with Gasteiger partial charge in [-0.2, -0.15) is 0 Å². The lowest BCUT2D eigenvalue weighted by Gasteiger charge is -2.21. The summed E-state index contributed by atoms with van der Waals surface area (Å²) in [5, 5.41) is 5.20. The second kappa shape index (κ2) is 7.88. The maximum atomic E-state index is 10.9. The van der Waals surface area contributed by atoms with Gasteiger partial charge >= 0.3 is 0 Å². The molecule has 0 saturated heterocycles. The summed E-state index contributed by atoms with van der Waals surface area (Å²) in [5.74, 6) is 0.842. The van der Waals surface area contributed by atoms with Gasteiger partial charge in [-0.05, 0) is 29.0 Å². The summed E-state index contributed by atoms with van der Waals surface area (Å²) >= 11 is 1.72. The van der Waals surface area contributed by atoms with Gasteiger partial charge in [-0.3, -0.25) is 4.79 Å². The largest absolute Gasteiger partial charge is 0.496 e. The molecule has 0 aromatic heterocycles. The molecule has 4 heteroatoms. The Hall–Kier alpha value is -2.46.